The number of rotatable bonds is 2. The highest BCUT2D eigenvalue weighted by Gasteiger charge is 2.41. The number of aryl methyl sites for hydroxylation is 1. The van der Waals surface area contributed by atoms with Gasteiger partial charge in [-0.25, -0.2) is 0 Å². The molecular weight excluding hydrogens is 244 g/mol. The van der Waals surface area contributed by atoms with Gasteiger partial charge in [-0.2, -0.15) is 0 Å². The van der Waals surface area contributed by atoms with Crippen molar-refractivity contribution in [3.63, 3.8) is 0 Å². The van der Waals surface area contributed by atoms with Crippen molar-refractivity contribution in [2.45, 2.75) is 46.5 Å². The van der Waals surface area contributed by atoms with E-state index in [0.29, 0.717) is 5.41 Å². The molecule has 0 aliphatic heterocycles. The number of ether oxygens (including phenoxy) is 1. The summed E-state index contributed by atoms with van der Waals surface area (Å²) in [5.41, 5.74) is 8.70. The predicted molar refractivity (Wildman–Crippen MR) is 85.1 cm³/mol. The summed E-state index contributed by atoms with van der Waals surface area (Å²) in [5.74, 6) is 1.06. The van der Waals surface area contributed by atoms with Crippen LogP contribution in [0.1, 0.15) is 49.8 Å². The van der Waals surface area contributed by atoms with Gasteiger partial charge < -0.3 is 4.74 Å². The van der Waals surface area contributed by atoms with Crippen molar-refractivity contribution in [2.75, 3.05) is 7.11 Å². The van der Waals surface area contributed by atoms with E-state index in [1.165, 1.54) is 47.1 Å². The summed E-state index contributed by atoms with van der Waals surface area (Å²) in [5, 5.41) is 0. The molecule has 0 aromatic heterocycles. The van der Waals surface area contributed by atoms with Gasteiger partial charge in [0.05, 0.1) is 7.11 Å². The summed E-state index contributed by atoms with van der Waals surface area (Å²) in [7, 11) is 1.78. The van der Waals surface area contributed by atoms with Crippen LogP contribution in [-0.4, -0.2) is 7.11 Å². The fourth-order valence-corrected chi connectivity index (χ4v) is 4.03. The lowest BCUT2D eigenvalue weighted by Crippen LogP contribution is -2.22. The Balaban J connectivity index is 2.30. The van der Waals surface area contributed by atoms with Gasteiger partial charge in [0.15, 0.2) is 0 Å². The molecular formula is C19H24O. The Morgan fingerprint density at radius 3 is 2.60 bits per heavy atom. The van der Waals surface area contributed by atoms with Crippen LogP contribution in [0.15, 0.2) is 29.9 Å². The van der Waals surface area contributed by atoms with Crippen LogP contribution in [0.5, 0.6) is 5.75 Å². The van der Waals surface area contributed by atoms with Crippen molar-refractivity contribution in [3.8, 4) is 5.75 Å². The van der Waals surface area contributed by atoms with Crippen LogP contribution in [-0.2, 0) is 6.42 Å². The van der Waals surface area contributed by atoms with Crippen molar-refractivity contribution in [1.29, 1.82) is 0 Å². The minimum absolute atomic E-state index is 0.333. The minimum Gasteiger partial charge on any atom is -0.496 e. The number of hydrogen-bond acceptors (Lipinski definition) is 1. The lowest BCUT2D eigenvalue weighted by Gasteiger charge is -2.35. The highest BCUT2D eigenvalue weighted by molar-refractivity contribution is 5.82. The topological polar surface area (TPSA) is 9.23 Å². The Hall–Kier alpha value is -1.50. The van der Waals surface area contributed by atoms with Gasteiger partial charge in [0.25, 0.3) is 0 Å². The number of benzene rings is 1. The van der Waals surface area contributed by atoms with E-state index in [1.807, 2.05) is 0 Å². The van der Waals surface area contributed by atoms with E-state index in [0.717, 1.165) is 12.2 Å². The van der Waals surface area contributed by atoms with E-state index in [2.05, 4.69) is 39.5 Å². The second-order valence-electron chi connectivity index (χ2n) is 6.69. The van der Waals surface area contributed by atoms with Crippen molar-refractivity contribution < 1.29 is 4.74 Å². The van der Waals surface area contributed by atoms with Gasteiger partial charge in [-0.1, -0.05) is 25.1 Å². The zero-order chi connectivity index (χ0) is 14.5. The third kappa shape index (κ3) is 1.83. The van der Waals surface area contributed by atoms with E-state index >= 15 is 0 Å². The van der Waals surface area contributed by atoms with Crippen LogP contribution in [0, 0.1) is 12.3 Å². The van der Waals surface area contributed by atoms with Gasteiger partial charge in [0, 0.05) is 5.56 Å². The second kappa shape index (κ2) is 4.51. The molecule has 20 heavy (non-hydrogen) atoms. The van der Waals surface area contributed by atoms with Gasteiger partial charge in [0.2, 0.25) is 0 Å². The quantitative estimate of drug-likeness (QED) is 0.726. The summed E-state index contributed by atoms with van der Waals surface area (Å²) in [6.45, 7) is 10.9. The van der Waals surface area contributed by atoms with Gasteiger partial charge in [-0.05, 0) is 73.3 Å². The standard InChI is InChI=1S/C19H24O/c1-12(2)14-6-8-19(4)9-7-15-16(18(14)19)10-13(3)11-17(15)20-5/h10-11H,1,6-9H2,2-5H3/t19-/m0/s1. The maximum atomic E-state index is 5.63. The summed E-state index contributed by atoms with van der Waals surface area (Å²) >= 11 is 0. The van der Waals surface area contributed by atoms with Crippen LogP contribution < -0.4 is 4.74 Å². The maximum absolute atomic E-state index is 5.63. The van der Waals surface area contributed by atoms with Crippen LogP contribution in [0.2, 0.25) is 0 Å². The molecule has 0 unspecified atom stereocenters. The number of fused-ring (bicyclic) bond motifs is 3. The Morgan fingerprint density at radius 1 is 1.25 bits per heavy atom. The molecule has 1 nitrogen and oxygen atoms in total. The third-order valence-electron chi connectivity index (χ3n) is 5.12. The summed E-state index contributed by atoms with van der Waals surface area (Å²) in [4.78, 5) is 0. The molecule has 1 aromatic rings. The third-order valence-corrected chi connectivity index (χ3v) is 5.12. The SMILES string of the molecule is C=C(C)C1=C2c3cc(C)cc(OC)c3CC[C@]2(C)CC1. The average molecular weight is 268 g/mol. The fraction of sp³-hybridized carbons (Fsp3) is 0.474. The lowest BCUT2D eigenvalue weighted by atomic mass is 9.69. The van der Waals surface area contributed by atoms with E-state index < -0.39 is 0 Å². The summed E-state index contributed by atoms with van der Waals surface area (Å²) in [6.07, 6.45) is 4.80. The molecule has 3 rings (SSSR count). The molecule has 0 radical (unpaired) electrons. The number of allylic oxidation sites excluding steroid dienone is 3. The Kier molecular flexibility index (Phi) is 3.04. The Labute approximate surface area is 122 Å². The van der Waals surface area contributed by atoms with Gasteiger partial charge in [-0.3, -0.25) is 0 Å². The first-order valence-corrected chi connectivity index (χ1v) is 7.53. The van der Waals surface area contributed by atoms with Gasteiger partial charge in [-0.15, -0.1) is 0 Å². The van der Waals surface area contributed by atoms with Crippen LogP contribution in [0.4, 0.5) is 0 Å². The van der Waals surface area contributed by atoms with Crippen molar-refractivity contribution in [3.05, 3.63) is 46.5 Å². The molecule has 0 amide bonds. The lowest BCUT2D eigenvalue weighted by molar-refractivity contribution is 0.373. The second-order valence-corrected chi connectivity index (χ2v) is 6.69. The largest absolute Gasteiger partial charge is 0.496 e. The smallest absolute Gasteiger partial charge is 0.122 e. The van der Waals surface area contributed by atoms with Gasteiger partial charge >= 0.3 is 0 Å². The van der Waals surface area contributed by atoms with Gasteiger partial charge in [0.1, 0.15) is 5.75 Å². The van der Waals surface area contributed by atoms with E-state index in [1.54, 1.807) is 12.7 Å². The number of methoxy groups -OCH3 is 1. The molecule has 0 fully saturated rings. The average Bonchev–Trinajstić information content (AvgIpc) is 2.75. The molecule has 1 atom stereocenters. The van der Waals surface area contributed by atoms with E-state index in [-0.39, 0.29) is 0 Å². The van der Waals surface area contributed by atoms with E-state index in [9.17, 15) is 0 Å². The minimum atomic E-state index is 0.333. The van der Waals surface area contributed by atoms with Crippen molar-refractivity contribution in [2.24, 2.45) is 5.41 Å². The highest BCUT2D eigenvalue weighted by Crippen LogP contribution is 2.57. The molecule has 0 N–H and O–H groups in total. The first-order valence-electron chi connectivity index (χ1n) is 7.53. The normalized spacial score (nSPS) is 24.4. The van der Waals surface area contributed by atoms with Crippen LogP contribution in [0.25, 0.3) is 5.57 Å². The fourth-order valence-electron chi connectivity index (χ4n) is 4.03. The molecule has 1 heteroatoms. The molecule has 0 bridgehead atoms. The molecule has 1 aromatic carbocycles. The Morgan fingerprint density at radius 2 is 1.95 bits per heavy atom. The first kappa shape index (κ1) is 13.5. The molecule has 2 aliphatic rings. The number of hydrogen-bond donors (Lipinski definition) is 0. The predicted octanol–water partition coefficient (Wildman–Crippen LogP) is 5.08. The van der Waals surface area contributed by atoms with E-state index in [4.69, 9.17) is 4.74 Å². The van der Waals surface area contributed by atoms with Crippen molar-refractivity contribution in [1.82, 2.24) is 0 Å². The van der Waals surface area contributed by atoms with Crippen molar-refractivity contribution >= 4 is 5.57 Å². The molecule has 0 saturated heterocycles. The maximum Gasteiger partial charge on any atom is 0.122 e. The summed E-state index contributed by atoms with van der Waals surface area (Å²) in [6, 6.07) is 4.51. The highest BCUT2D eigenvalue weighted by atomic mass is 16.5. The monoisotopic (exact) mass is 268 g/mol. The molecule has 0 heterocycles. The Bertz CT molecular complexity index is 621. The molecule has 106 valence electrons. The van der Waals surface area contributed by atoms with Crippen LogP contribution in [0.3, 0.4) is 0 Å². The summed E-state index contributed by atoms with van der Waals surface area (Å²) < 4.78 is 5.63. The van der Waals surface area contributed by atoms with Crippen LogP contribution >= 0.6 is 0 Å². The zero-order valence-electron chi connectivity index (χ0n) is 13.1. The molecule has 0 saturated carbocycles. The zero-order valence-corrected chi connectivity index (χ0v) is 13.1. The molecule has 0 spiro atoms. The first-order chi connectivity index (χ1) is 9.46. The molecule has 2 aliphatic carbocycles.